The van der Waals surface area contributed by atoms with E-state index in [4.69, 9.17) is 9.47 Å². The standard InChI is InChI=1S/C31H32N2O4/c1-19-11-12-33(17-19)20(2)18-36-26-8-9-27(23(14-26)16-32)31-30(22-5-4-6-24(34)13-22)21(3)28-15-25(35)7-10-29(28)37-31/h4-10,13-15,19-20,31,34-35H,11-12,17-18H2,1-3H3. The molecule has 0 aliphatic carbocycles. The lowest BCUT2D eigenvalue weighted by Crippen LogP contribution is -2.35. The van der Waals surface area contributed by atoms with E-state index in [0.717, 1.165) is 35.4 Å². The highest BCUT2D eigenvalue weighted by Gasteiger charge is 2.31. The highest BCUT2D eigenvalue weighted by molar-refractivity contribution is 5.96. The van der Waals surface area contributed by atoms with Crippen molar-refractivity contribution in [3.05, 3.63) is 82.9 Å². The number of phenolic OH excluding ortho intramolecular Hbond substituents is 2. The fourth-order valence-corrected chi connectivity index (χ4v) is 5.34. The molecule has 37 heavy (non-hydrogen) atoms. The van der Waals surface area contributed by atoms with Crippen molar-refractivity contribution in [2.45, 2.75) is 39.3 Å². The van der Waals surface area contributed by atoms with Crippen LogP contribution in [0.15, 0.2) is 60.7 Å². The molecule has 6 nitrogen and oxygen atoms in total. The molecule has 0 radical (unpaired) electrons. The number of nitrogens with zero attached hydrogens (tertiary/aromatic N) is 2. The SMILES string of the molecule is CC1=C(c2cccc(O)c2)C(c2ccc(OCC(C)N3CCC(C)C3)cc2C#N)Oc2ccc(O)cc21. The zero-order valence-electron chi connectivity index (χ0n) is 21.4. The Morgan fingerprint density at radius 2 is 1.92 bits per heavy atom. The molecule has 0 saturated carbocycles. The van der Waals surface area contributed by atoms with E-state index in [1.807, 2.05) is 25.1 Å². The van der Waals surface area contributed by atoms with Gasteiger partial charge in [0.05, 0.1) is 11.6 Å². The monoisotopic (exact) mass is 496 g/mol. The molecule has 2 aliphatic heterocycles. The Labute approximate surface area is 218 Å². The van der Waals surface area contributed by atoms with E-state index < -0.39 is 6.10 Å². The summed E-state index contributed by atoms with van der Waals surface area (Å²) < 4.78 is 12.6. The molecule has 2 heterocycles. The van der Waals surface area contributed by atoms with Crippen LogP contribution in [0.25, 0.3) is 11.1 Å². The van der Waals surface area contributed by atoms with Crippen LogP contribution in [0.3, 0.4) is 0 Å². The summed E-state index contributed by atoms with van der Waals surface area (Å²) in [5, 5.41) is 30.4. The molecule has 2 N–H and O–H groups in total. The van der Waals surface area contributed by atoms with Crippen LogP contribution >= 0.6 is 0 Å². The van der Waals surface area contributed by atoms with Crippen LogP contribution in [0.4, 0.5) is 0 Å². The van der Waals surface area contributed by atoms with Crippen molar-refractivity contribution in [2.75, 3.05) is 19.7 Å². The second-order valence-corrected chi connectivity index (χ2v) is 10.2. The molecular formula is C31H32N2O4. The fourth-order valence-electron chi connectivity index (χ4n) is 5.34. The average Bonchev–Trinajstić information content (AvgIpc) is 3.33. The number of rotatable bonds is 6. The molecule has 0 spiro atoms. The second-order valence-electron chi connectivity index (χ2n) is 10.2. The van der Waals surface area contributed by atoms with Gasteiger partial charge in [-0.2, -0.15) is 5.26 Å². The highest BCUT2D eigenvalue weighted by atomic mass is 16.5. The van der Waals surface area contributed by atoms with Crippen LogP contribution < -0.4 is 9.47 Å². The van der Waals surface area contributed by atoms with E-state index >= 15 is 0 Å². The quantitative estimate of drug-likeness (QED) is 0.426. The first-order valence-corrected chi connectivity index (χ1v) is 12.7. The van der Waals surface area contributed by atoms with Gasteiger partial charge in [-0.05, 0) is 92.4 Å². The van der Waals surface area contributed by atoms with Gasteiger partial charge >= 0.3 is 0 Å². The van der Waals surface area contributed by atoms with Crippen LogP contribution in [-0.4, -0.2) is 40.9 Å². The van der Waals surface area contributed by atoms with Gasteiger partial charge in [0.2, 0.25) is 0 Å². The molecule has 3 unspecified atom stereocenters. The summed E-state index contributed by atoms with van der Waals surface area (Å²) in [5.41, 5.74) is 4.49. The van der Waals surface area contributed by atoms with Crippen molar-refractivity contribution in [2.24, 2.45) is 5.92 Å². The first-order chi connectivity index (χ1) is 17.8. The van der Waals surface area contributed by atoms with Gasteiger partial charge in [-0.15, -0.1) is 0 Å². The van der Waals surface area contributed by atoms with Crippen molar-refractivity contribution >= 4 is 11.1 Å². The number of fused-ring (bicyclic) bond motifs is 1. The van der Waals surface area contributed by atoms with E-state index in [2.05, 4.69) is 24.8 Å². The molecule has 5 rings (SSSR count). The largest absolute Gasteiger partial charge is 0.508 e. The minimum absolute atomic E-state index is 0.143. The third-order valence-electron chi connectivity index (χ3n) is 7.43. The molecule has 1 fully saturated rings. The smallest absolute Gasteiger partial charge is 0.151 e. The Kier molecular flexibility index (Phi) is 6.82. The average molecular weight is 497 g/mol. The number of aromatic hydroxyl groups is 2. The fraction of sp³-hybridized carbons (Fsp3) is 0.323. The lowest BCUT2D eigenvalue weighted by molar-refractivity contribution is 0.169. The summed E-state index contributed by atoms with van der Waals surface area (Å²) in [6, 6.07) is 20.2. The second kappa shape index (κ2) is 10.2. The molecule has 0 amide bonds. The zero-order chi connectivity index (χ0) is 26.1. The van der Waals surface area contributed by atoms with Crippen LogP contribution in [0.5, 0.6) is 23.0 Å². The Balaban J connectivity index is 1.49. The van der Waals surface area contributed by atoms with Crippen molar-refractivity contribution < 1.29 is 19.7 Å². The van der Waals surface area contributed by atoms with E-state index in [9.17, 15) is 15.5 Å². The van der Waals surface area contributed by atoms with Gasteiger partial charge in [0.25, 0.3) is 0 Å². The molecule has 6 heteroatoms. The maximum Gasteiger partial charge on any atom is 0.151 e. The maximum absolute atomic E-state index is 10.2. The predicted octanol–water partition coefficient (Wildman–Crippen LogP) is 6.14. The number of phenols is 2. The highest BCUT2D eigenvalue weighted by Crippen LogP contribution is 2.48. The maximum atomic E-state index is 10.2. The first-order valence-electron chi connectivity index (χ1n) is 12.7. The molecule has 3 aromatic rings. The lowest BCUT2D eigenvalue weighted by Gasteiger charge is -2.31. The van der Waals surface area contributed by atoms with Gasteiger partial charge in [-0.3, -0.25) is 4.90 Å². The molecule has 0 bridgehead atoms. The summed E-state index contributed by atoms with van der Waals surface area (Å²) in [4.78, 5) is 2.45. The third kappa shape index (κ3) is 5.00. The minimum atomic E-state index is -0.576. The van der Waals surface area contributed by atoms with Crippen LogP contribution in [0, 0.1) is 17.2 Å². The Bertz CT molecular complexity index is 1390. The molecule has 2 aliphatic rings. The summed E-state index contributed by atoms with van der Waals surface area (Å²) in [5.74, 6) is 2.28. The van der Waals surface area contributed by atoms with Crippen LogP contribution in [0.2, 0.25) is 0 Å². The lowest BCUT2D eigenvalue weighted by atomic mass is 9.85. The summed E-state index contributed by atoms with van der Waals surface area (Å²) in [7, 11) is 0. The number of likely N-dealkylation sites (tertiary alicyclic amines) is 1. The number of allylic oxidation sites excluding steroid dienone is 1. The molecule has 3 atom stereocenters. The number of hydrogen-bond donors (Lipinski definition) is 2. The number of ether oxygens (including phenoxy) is 2. The van der Waals surface area contributed by atoms with Gasteiger partial charge in [0.1, 0.15) is 29.6 Å². The topological polar surface area (TPSA) is 86.0 Å². The van der Waals surface area contributed by atoms with Crippen LogP contribution in [0.1, 0.15) is 55.5 Å². The van der Waals surface area contributed by atoms with E-state index in [1.165, 1.54) is 6.42 Å². The van der Waals surface area contributed by atoms with E-state index in [-0.39, 0.29) is 11.5 Å². The normalized spacial score (nSPS) is 20.2. The number of nitriles is 1. The third-order valence-corrected chi connectivity index (χ3v) is 7.43. The molecule has 3 aromatic carbocycles. The number of benzene rings is 3. The Morgan fingerprint density at radius 3 is 2.65 bits per heavy atom. The van der Waals surface area contributed by atoms with Gasteiger partial charge in [0.15, 0.2) is 6.10 Å². The summed E-state index contributed by atoms with van der Waals surface area (Å²) >= 11 is 0. The zero-order valence-corrected chi connectivity index (χ0v) is 21.4. The molecule has 1 saturated heterocycles. The van der Waals surface area contributed by atoms with Gasteiger partial charge < -0.3 is 19.7 Å². The van der Waals surface area contributed by atoms with Crippen LogP contribution in [-0.2, 0) is 0 Å². The Morgan fingerprint density at radius 1 is 1.11 bits per heavy atom. The van der Waals surface area contributed by atoms with E-state index in [0.29, 0.717) is 41.2 Å². The van der Waals surface area contributed by atoms with Gasteiger partial charge in [-0.1, -0.05) is 19.1 Å². The molecule has 190 valence electrons. The number of hydrogen-bond acceptors (Lipinski definition) is 6. The van der Waals surface area contributed by atoms with Crippen molar-refractivity contribution in [1.82, 2.24) is 4.90 Å². The Hall–Kier alpha value is -3.95. The van der Waals surface area contributed by atoms with Crippen molar-refractivity contribution in [1.29, 1.82) is 5.26 Å². The minimum Gasteiger partial charge on any atom is -0.508 e. The van der Waals surface area contributed by atoms with Gasteiger partial charge in [0, 0.05) is 29.3 Å². The predicted molar refractivity (Wildman–Crippen MR) is 144 cm³/mol. The van der Waals surface area contributed by atoms with Crippen molar-refractivity contribution in [3.8, 4) is 29.1 Å². The van der Waals surface area contributed by atoms with E-state index in [1.54, 1.807) is 42.5 Å². The first kappa shape index (κ1) is 24.7. The summed E-state index contributed by atoms with van der Waals surface area (Å²) in [6.07, 6.45) is 0.642. The molecular weight excluding hydrogens is 464 g/mol. The van der Waals surface area contributed by atoms with Crippen molar-refractivity contribution in [3.63, 3.8) is 0 Å². The van der Waals surface area contributed by atoms with Gasteiger partial charge in [-0.25, -0.2) is 0 Å². The summed E-state index contributed by atoms with van der Waals surface area (Å²) in [6.45, 7) is 9.17. The molecule has 0 aromatic heterocycles.